The van der Waals surface area contributed by atoms with Crippen LogP contribution in [0.2, 0.25) is 10.0 Å². The van der Waals surface area contributed by atoms with E-state index >= 15 is 0 Å². The van der Waals surface area contributed by atoms with E-state index < -0.39 is 29.0 Å². The molecular formula is C14H7Cl2F4NO. The minimum absolute atomic E-state index is 0.117. The Balaban J connectivity index is 2.37. The summed E-state index contributed by atoms with van der Waals surface area (Å²) in [6.45, 7) is 0. The number of carbonyl (C=O) groups excluding carboxylic acids is 1. The third-order valence-corrected chi connectivity index (χ3v) is 3.38. The molecule has 0 spiro atoms. The fourth-order valence-electron chi connectivity index (χ4n) is 1.70. The second-order valence-electron chi connectivity index (χ2n) is 4.24. The summed E-state index contributed by atoms with van der Waals surface area (Å²) in [7, 11) is 0. The molecule has 2 nitrogen and oxygen atoms in total. The van der Waals surface area contributed by atoms with Gasteiger partial charge < -0.3 is 5.32 Å². The lowest BCUT2D eigenvalue weighted by Crippen LogP contribution is -2.15. The molecule has 0 aliphatic heterocycles. The van der Waals surface area contributed by atoms with Crippen LogP contribution >= 0.6 is 23.2 Å². The van der Waals surface area contributed by atoms with E-state index in [0.29, 0.717) is 6.07 Å². The zero-order valence-electron chi connectivity index (χ0n) is 10.6. The summed E-state index contributed by atoms with van der Waals surface area (Å²) in [6.07, 6.45) is -4.60. The molecular weight excluding hydrogens is 345 g/mol. The zero-order valence-corrected chi connectivity index (χ0v) is 12.2. The lowest BCUT2D eigenvalue weighted by molar-refractivity contribution is -0.137. The fourth-order valence-corrected chi connectivity index (χ4v) is 2.11. The molecule has 22 heavy (non-hydrogen) atoms. The largest absolute Gasteiger partial charge is 0.416 e. The zero-order chi connectivity index (χ0) is 16.5. The number of nitrogens with one attached hydrogen (secondary N) is 1. The minimum atomic E-state index is -4.60. The monoisotopic (exact) mass is 351 g/mol. The van der Waals surface area contributed by atoms with E-state index in [1.807, 2.05) is 0 Å². The normalized spacial score (nSPS) is 11.4. The molecule has 0 radical (unpaired) electrons. The molecule has 0 bridgehead atoms. The molecule has 0 aliphatic carbocycles. The van der Waals surface area contributed by atoms with E-state index in [1.54, 1.807) is 0 Å². The molecule has 1 N–H and O–H groups in total. The van der Waals surface area contributed by atoms with Gasteiger partial charge in [-0.05, 0) is 30.3 Å². The van der Waals surface area contributed by atoms with E-state index in [4.69, 9.17) is 23.2 Å². The Hall–Kier alpha value is -1.79. The van der Waals surface area contributed by atoms with Crippen molar-refractivity contribution in [3.8, 4) is 0 Å². The van der Waals surface area contributed by atoms with Gasteiger partial charge in [0.25, 0.3) is 5.91 Å². The van der Waals surface area contributed by atoms with E-state index in [-0.39, 0.29) is 15.7 Å². The second-order valence-corrected chi connectivity index (χ2v) is 5.06. The fraction of sp³-hybridized carbons (Fsp3) is 0.0714. The van der Waals surface area contributed by atoms with E-state index in [1.165, 1.54) is 12.1 Å². The summed E-state index contributed by atoms with van der Waals surface area (Å²) in [4.78, 5) is 12.0. The van der Waals surface area contributed by atoms with Crippen LogP contribution in [0.25, 0.3) is 0 Å². The van der Waals surface area contributed by atoms with Gasteiger partial charge in [-0.3, -0.25) is 4.79 Å². The molecule has 0 atom stereocenters. The molecule has 2 aromatic carbocycles. The standard InChI is InChI=1S/C14H7Cl2F4NO/c15-8-5-4-7(14(18,19)20)6-11(8)21-13(22)12-9(16)2-1-3-10(12)17/h1-6H,(H,21,22). The lowest BCUT2D eigenvalue weighted by Gasteiger charge is -2.12. The first kappa shape index (κ1) is 16.6. The van der Waals surface area contributed by atoms with Crippen molar-refractivity contribution in [2.45, 2.75) is 6.18 Å². The van der Waals surface area contributed by atoms with Crippen molar-refractivity contribution < 1.29 is 22.4 Å². The Kier molecular flexibility index (Phi) is 4.63. The topological polar surface area (TPSA) is 29.1 Å². The number of carbonyl (C=O) groups is 1. The molecule has 0 fully saturated rings. The van der Waals surface area contributed by atoms with Crippen LogP contribution < -0.4 is 5.32 Å². The van der Waals surface area contributed by atoms with Crippen molar-refractivity contribution in [3.05, 3.63) is 63.4 Å². The second kappa shape index (κ2) is 6.14. The van der Waals surface area contributed by atoms with Crippen LogP contribution in [-0.2, 0) is 6.18 Å². The lowest BCUT2D eigenvalue weighted by atomic mass is 10.1. The van der Waals surface area contributed by atoms with Gasteiger partial charge in [-0.1, -0.05) is 29.3 Å². The Bertz CT molecular complexity index is 711. The molecule has 8 heteroatoms. The first-order valence-corrected chi connectivity index (χ1v) is 6.58. The molecule has 0 saturated heterocycles. The first-order chi connectivity index (χ1) is 10.2. The highest BCUT2D eigenvalue weighted by molar-refractivity contribution is 6.36. The highest BCUT2D eigenvalue weighted by Gasteiger charge is 2.31. The Labute approximate surface area is 132 Å². The van der Waals surface area contributed by atoms with Gasteiger partial charge in [0.2, 0.25) is 0 Å². The van der Waals surface area contributed by atoms with Crippen LogP contribution in [0, 0.1) is 5.82 Å². The summed E-state index contributed by atoms with van der Waals surface area (Å²) in [5.74, 6) is -1.89. The highest BCUT2D eigenvalue weighted by atomic mass is 35.5. The summed E-state index contributed by atoms with van der Waals surface area (Å²) >= 11 is 11.5. The number of hydrogen-bond acceptors (Lipinski definition) is 1. The molecule has 116 valence electrons. The summed E-state index contributed by atoms with van der Waals surface area (Å²) in [5.41, 5.74) is -1.76. The Morgan fingerprint density at radius 2 is 1.73 bits per heavy atom. The average molecular weight is 352 g/mol. The van der Waals surface area contributed by atoms with Gasteiger partial charge in [0.15, 0.2) is 0 Å². The molecule has 0 unspecified atom stereocenters. The number of alkyl halides is 3. The number of anilines is 1. The molecule has 0 aliphatic rings. The number of halogens is 6. The van der Waals surface area contributed by atoms with Crippen molar-refractivity contribution in [3.63, 3.8) is 0 Å². The predicted molar refractivity (Wildman–Crippen MR) is 75.8 cm³/mol. The maximum Gasteiger partial charge on any atom is 0.416 e. The number of rotatable bonds is 2. The van der Waals surface area contributed by atoms with Gasteiger partial charge in [-0.25, -0.2) is 4.39 Å². The van der Waals surface area contributed by atoms with Crippen molar-refractivity contribution >= 4 is 34.8 Å². The smallest absolute Gasteiger partial charge is 0.320 e. The predicted octanol–water partition coefficient (Wildman–Crippen LogP) is 5.40. The van der Waals surface area contributed by atoms with Gasteiger partial charge in [0, 0.05) is 0 Å². The van der Waals surface area contributed by atoms with Gasteiger partial charge >= 0.3 is 6.18 Å². The summed E-state index contributed by atoms with van der Waals surface area (Å²) in [6, 6.07) is 6.01. The van der Waals surface area contributed by atoms with Gasteiger partial charge in [-0.15, -0.1) is 0 Å². The number of amides is 1. The van der Waals surface area contributed by atoms with Crippen LogP contribution in [-0.4, -0.2) is 5.91 Å². The van der Waals surface area contributed by atoms with Gasteiger partial charge in [0.1, 0.15) is 5.82 Å². The van der Waals surface area contributed by atoms with E-state index in [2.05, 4.69) is 5.32 Å². The molecule has 2 rings (SSSR count). The van der Waals surface area contributed by atoms with Crippen LogP contribution in [0.4, 0.5) is 23.2 Å². The maximum absolute atomic E-state index is 13.6. The highest BCUT2D eigenvalue weighted by Crippen LogP contribution is 2.34. The minimum Gasteiger partial charge on any atom is -0.320 e. The van der Waals surface area contributed by atoms with Crippen LogP contribution in [0.15, 0.2) is 36.4 Å². The SMILES string of the molecule is O=C(Nc1cc(C(F)(F)F)ccc1Cl)c1c(F)cccc1Cl. The quantitative estimate of drug-likeness (QED) is 0.720. The Morgan fingerprint density at radius 1 is 1.05 bits per heavy atom. The molecule has 2 aromatic rings. The Morgan fingerprint density at radius 3 is 2.32 bits per heavy atom. The van der Waals surface area contributed by atoms with Crippen molar-refractivity contribution in [2.24, 2.45) is 0 Å². The van der Waals surface area contributed by atoms with Crippen LogP contribution in [0.5, 0.6) is 0 Å². The van der Waals surface area contributed by atoms with Crippen LogP contribution in [0.1, 0.15) is 15.9 Å². The summed E-state index contributed by atoms with van der Waals surface area (Å²) in [5, 5.41) is 1.84. The third-order valence-electron chi connectivity index (χ3n) is 2.73. The maximum atomic E-state index is 13.6. The van der Waals surface area contributed by atoms with E-state index in [0.717, 1.165) is 18.2 Å². The number of benzene rings is 2. The third kappa shape index (κ3) is 3.51. The van der Waals surface area contributed by atoms with Crippen molar-refractivity contribution in [1.29, 1.82) is 0 Å². The summed E-state index contributed by atoms with van der Waals surface area (Å²) < 4.78 is 51.6. The van der Waals surface area contributed by atoms with Crippen LogP contribution in [0.3, 0.4) is 0 Å². The number of hydrogen-bond donors (Lipinski definition) is 1. The van der Waals surface area contributed by atoms with E-state index in [9.17, 15) is 22.4 Å². The molecule has 0 saturated carbocycles. The molecule has 0 heterocycles. The molecule has 1 amide bonds. The van der Waals surface area contributed by atoms with Gasteiger partial charge in [0.05, 0.1) is 26.9 Å². The average Bonchev–Trinajstić information content (AvgIpc) is 2.39. The van der Waals surface area contributed by atoms with Crippen molar-refractivity contribution in [2.75, 3.05) is 5.32 Å². The first-order valence-electron chi connectivity index (χ1n) is 5.82. The van der Waals surface area contributed by atoms with Gasteiger partial charge in [-0.2, -0.15) is 13.2 Å². The van der Waals surface area contributed by atoms with Crippen molar-refractivity contribution in [1.82, 2.24) is 0 Å². The molecule has 0 aromatic heterocycles.